The molecule has 0 saturated heterocycles. The molecule has 10 rings (SSSR count). The topological polar surface area (TPSA) is 17.0 Å². The number of hydrogen-bond donors (Lipinski definition) is 1. The van der Waals surface area contributed by atoms with Gasteiger partial charge in [0.25, 0.3) is 0 Å². The molecule has 1 atom stereocenters. The molecule has 0 aliphatic heterocycles. The first-order valence-corrected chi connectivity index (χ1v) is 18.5. The van der Waals surface area contributed by atoms with Crippen LogP contribution in [-0.4, -0.2) is 4.57 Å². The summed E-state index contributed by atoms with van der Waals surface area (Å²) in [7, 11) is 0. The second kappa shape index (κ2) is 11.7. The highest BCUT2D eigenvalue weighted by Gasteiger charge is 2.38. The highest BCUT2D eigenvalue weighted by Crippen LogP contribution is 2.53. The Balaban J connectivity index is 1.14. The first kappa shape index (κ1) is 30.7. The molecule has 2 aliphatic carbocycles. The van der Waals surface area contributed by atoms with Crippen molar-refractivity contribution in [3.63, 3.8) is 0 Å². The quantitative estimate of drug-likeness (QED) is 0.193. The SMILES string of the molecule is CC1CC=C(c2ccccc2Nc2cccc3ccccc23)C=C1c1ccc2c(c1)c1c3c(ccc1n2-c1ccccc1)-c1ccccc1C3(C)C. The van der Waals surface area contributed by atoms with Gasteiger partial charge in [-0.05, 0) is 99.2 Å². The van der Waals surface area contributed by atoms with Gasteiger partial charge in [0.05, 0.1) is 11.0 Å². The van der Waals surface area contributed by atoms with Crippen LogP contribution in [0.2, 0.25) is 0 Å². The standard InChI is InChI=1S/C50H40N2/c1-32-24-25-34(38-19-10-12-22-44(38)51-45-23-13-15-33-14-7-8-18-37(33)45)30-41(32)35-26-28-46-42(31-35)48-47(52(46)36-16-5-4-6-17-36)29-27-40-39-20-9-11-21-43(39)50(2,3)49(40)48/h4-23,25-32,51H,24H2,1-3H3. The van der Waals surface area contributed by atoms with Crippen LogP contribution in [0.25, 0.3) is 60.5 Å². The Hall–Kier alpha value is -6.12. The molecular weight excluding hydrogens is 629 g/mol. The minimum atomic E-state index is -0.120. The minimum absolute atomic E-state index is 0.120. The monoisotopic (exact) mass is 668 g/mol. The molecule has 0 spiro atoms. The fraction of sp³-hybridized carbons (Fsp3) is 0.120. The van der Waals surface area contributed by atoms with Crippen molar-refractivity contribution in [1.29, 1.82) is 0 Å². The summed E-state index contributed by atoms with van der Waals surface area (Å²) in [6.07, 6.45) is 5.86. The van der Waals surface area contributed by atoms with Crippen molar-refractivity contribution in [2.24, 2.45) is 5.92 Å². The Morgan fingerprint density at radius 2 is 1.33 bits per heavy atom. The van der Waals surface area contributed by atoms with Crippen LogP contribution in [0.5, 0.6) is 0 Å². The maximum Gasteiger partial charge on any atom is 0.0544 e. The zero-order valence-electron chi connectivity index (χ0n) is 29.8. The predicted octanol–water partition coefficient (Wildman–Crippen LogP) is 13.5. The van der Waals surface area contributed by atoms with Crippen LogP contribution in [0.3, 0.4) is 0 Å². The number of benzene rings is 7. The summed E-state index contributed by atoms with van der Waals surface area (Å²) in [6.45, 7) is 7.17. The van der Waals surface area contributed by atoms with Crippen LogP contribution < -0.4 is 5.32 Å². The molecule has 1 N–H and O–H groups in total. The van der Waals surface area contributed by atoms with Crippen molar-refractivity contribution in [3.8, 4) is 16.8 Å². The zero-order valence-corrected chi connectivity index (χ0v) is 29.8. The van der Waals surface area contributed by atoms with Gasteiger partial charge in [0.2, 0.25) is 0 Å². The molecule has 0 amide bonds. The molecular formula is C50H40N2. The maximum atomic E-state index is 3.81. The number of aromatic nitrogens is 1. The fourth-order valence-corrected chi connectivity index (χ4v) is 9.10. The number of nitrogens with zero attached hydrogens (tertiary/aromatic N) is 1. The summed E-state index contributed by atoms with van der Waals surface area (Å²) in [4.78, 5) is 0. The molecule has 2 heteroatoms. The van der Waals surface area contributed by atoms with Gasteiger partial charge in [-0.3, -0.25) is 0 Å². The second-order valence-corrected chi connectivity index (χ2v) is 15.0. The molecule has 0 bridgehead atoms. The smallest absolute Gasteiger partial charge is 0.0544 e. The van der Waals surface area contributed by atoms with Gasteiger partial charge < -0.3 is 9.88 Å². The maximum absolute atomic E-state index is 3.81. The van der Waals surface area contributed by atoms with E-state index in [1.807, 2.05) is 0 Å². The fourth-order valence-electron chi connectivity index (χ4n) is 9.10. The molecule has 1 unspecified atom stereocenters. The van der Waals surface area contributed by atoms with Crippen molar-refractivity contribution >= 4 is 55.1 Å². The average Bonchev–Trinajstić information content (AvgIpc) is 3.63. The van der Waals surface area contributed by atoms with E-state index >= 15 is 0 Å². The number of hydrogen-bond acceptors (Lipinski definition) is 1. The normalized spacial score (nSPS) is 16.1. The Labute approximate surface area is 305 Å². The number of rotatable bonds is 5. The zero-order chi connectivity index (χ0) is 35.0. The molecule has 0 radical (unpaired) electrons. The summed E-state index contributed by atoms with van der Waals surface area (Å²) < 4.78 is 2.47. The largest absolute Gasteiger partial charge is 0.355 e. The van der Waals surface area contributed by atoms with Crippen LogP contribution in [0, 0.1) is 5.92 Å². The van der Waals surface area contributed by atoms with Gasteiger partial charge in [-0.1, -0.05) is 142 Å². The number of allylic oxidation sites excluding steroid dienone is 4. The molecule has 0 fully saturated rings. The van der Waals surface area contributed by atoms with Crippen molar-refractivity contribution in [1.82, 2.24) is 4.57 Å². The summed E-state index contributed by atoms with van der Waals surface area (Å²) in [6, 6.07) is 55.5. The summed E-state index contributed by atoms with van der Waals surface area (Å²) in [5.41, 5.74) is 16.5. The van der Waals surface area contributed by atoms with Crippen LogP contribution in [0.15, 0.2) is 164 Å². The molecule has 1 aromatic heterocycles. The van der Waals surface area contributed by atoms with Crippen LogP contribution in [-0.2, 0) is 5.41 Å². The van der Waals surface area contributed by atoms with E-state index in [1.165, 1.54) is 82.8 Å². The molecule has 2 nitrogen and oxygen atoms in total. The lowest BCUT2D eigenvalue weighted by atomic mass is 9.80. The van der Waals surface area contributed by atoms with E-state index in [0.29, 0.717) is 5.92 Å². The van der Waals surface area contributed by atoms with Crippen molar-refractivity contribution in [3.05, 3.63) is 186 Å². The molecule has 52 heavy (non-hydrogen) atoms. The van der Waals surface area contributed by atoms with Crippen LogP contribution in [0.1, 0.15) is 49.4 Å². The van der Waals surface area contributed by atoms with Gasteiger partial charge in [-0.15, -0.1) is 0 Å². The summed E-state index contributed by atoms with van der Waals surface area (Å²) in [5, 5.41) is 8.95. The van der Waals surface area contributed by atoms with E-state index in [2.05, 4.69) is 194 Å². The van der Waals surface area contributed by atoms with Gasteiger partial charge in [-0.25, -0.2) is 0 Å². The molecule has 8 aromatic rings. The van der Waals surface area contributed by atoms with Gasteiger partial charge in [0, 0.05) is 44.2 Å². The third-order valence-corrected chi connectivity index (χ3v) is 11.6. The summed E-state index contributed by atoms with van der Waals surface area (Å²) >= 11 is 0. The van der Waals surface area contributed by atoms with Crippen LogP contribution >= 0.6 is 0 Å². The van der Waals surface area contributed by atoms with Gasteiger partial charge >= 0.3 is 0 Å². The first-order chi connectivity index (χ1) is 25.5. The second-order valence-electron chi connectivity index (χ2n) is 15.0. The minimum Gasteiger partial charge on any atom is -0.355 e. The molecule has 7 aromatic carbocycles. The van der Waals surface area contributed by atoms with Gasteiger partial charge in [-0.2, -0.15) is 0 Å². The number of anilines is 2. The molecule has 250 valence electrons. The molecule has 1 heterocycles. The Morgan fingerprint density at radius 1 is 0.615 bits per heavy atom. The number of fused-ring (bicyclic) bond motifs is 8. The van der Waals surface area contributed by atoms with E-state index in [4.69, 9.17) is 0 Å². The van der Waals surface area contributed by atoms with E-state index in [-0.39, 0.29) is 5.41 Å². The van der Waals surface area contributed by atoms with E-state index in [1.54, 1.807) is 0 Å². The van der Waals surface area contributed by atoms with Gasteiger partial charge in [0.15, 0.2) is 0 Å². The van der Waals surface area contributed by atoms with Crippen LogP contribution in [0.4, 0.5) is 11.4 Å². The number of nitrogens with one attached hydrogen (secondary N) is 1. The van der Waals surface area contributed by atoms with Crippen molar-refractivity contribution in [2.75, 3.05) is 5.32 Å². The highest BCUT2D eigenvalue weighted by molar-refractivity contribution is 6.15. The third-order valence-electron chi connectivity index (χ3n) is 11.6. The Kier molecular flexibility index (Phi) is 6.91. The van der Waals surface area contributed by atoms with Crippen molar-refractivity contribution in [2.45, 2.75) is 32.6 Å². The van der Waals surface area contributed by atoms with E-state index in [9.17, 15) is 0 Å². The average molecular weight is 669 g/mol. The predicted molar refractivity (Wildman–Crippen MR) is 222 cm³/mol. The lowest BCUT2D eigenvalue weighted by Gasteiger charge is -2.23. The highest BCUT2D eigenvalue weighted by atomic mass is 15.0. The number of para-hydroxylation sites is 2. The lowest BCUT2D eigenvalue weighted by molar-refractivity contribution is 0.666. The lowest BCUT2D eigenvalue weighted by Crippen LogP contribution is -2.15. The Morgan fingerprint density at radius 3 is 2.21 bits per heavy atom. The molecule has 2 aliphatic rings. The molecule has 0 saturated carbocycles. The summed E-state index contributed by atoms with van der Waals surface area (Å²) in [5.74, 6) is 0.397. The van der Waals surface area contributed by atoms with Crippen molar-refractivity contribution < 1.29 is 0 Å². The Bertz CT molecular complexity index is 2770. The van der Waals surface area contributed by atoms with E-state index < -0.39 is 0 Å². The third kappa shape index (κ3) is 4.64. The van der Waals surface area contributed by atoms with E-state index in [0.717, 1.165) is 17.8 Å². The first-order valence-electron chi connectivity index (χ1n) is 18.5. The van der Waals surface area contributed by atoms with Gasteiger partial charge in [0.1, 0.15) is 0 Å².